The number of hydrogen-bond acceptors (Lipinski definition) is 4. The van der Waals surface area contributed by atoms with Crippen molar-refractivity contribution in [1.82, 2.24) is 9.62 Å². The Morgan fingerprint density at radius 2 is 1.51 bits per heavy atom. The van der Waals surface area contributed by atoms with Crippen LogP contribution in [0.2, 0.25) is 0 Å². The van der Waals surface area contributed by atoms with Gasteiger partial charge in [-0.25, -0.2) is 13.2 Å². The van der Waals surface area contributed by atoms with E-state index in [1.807, 2.05) is 30.3 Å². The minimum Gasteiger partial charge on any atom is -0.480 e. The van der Waals surface area contributed by atoms with Gasteiger partial charge < -0.3 is 10.4 Å². The quantitative estimate of drug-likeness (QED) is 0.426. The fraction of sp³-hybridized carbons (Fsp3) is 0.355. The van der Waals surface area contributed by atoms with E-state index in [1.165, 1.54) is 16.4 Å². The van der Waals surface area contributed by atoms with Crippen LogP contribution < -0.4 is 5.32 Å². The average molecular weight is 547 g/mol. The molecule has 2 atom stereocenters. The van der Waals surface area contributed by atoms with Gasteiger partial charge in [-0.05, 0) is 85.4 Å². The van der Waals surface area contributed by atoms with Crippen molar-refractivity contribution < 1.29 is 23.1 Å². The van der Waals surface area contributed by atoms with Crippen LogP contribution in [-0.2, 0) is 26.0 Å². The number of carboxylic acids is 1. The first-order chi connectivity index (χ1) is 18.7. The summed E-state index contributed by atoms with van der Waals surface area (Å²) in [5.74, 6) is -1.83. The first kappa shape index (κ1) is 27.1. The molecule has 8 heteroatoms. The molecule has 3 fully saturated rings. The Bertz CT molecular complexity index is 1440. The Kier molecular flexibility index (Phi) is 7.60. The number of aliphatic carboxylic acids is 1. The molecular formula is C31H34N2O5S. The summed E-state index contributed by atoms with van der Waals surface area (Å²) in [6, 6.07) is 19.6. The maximum absolute atomic E-state index is 13.6. The molecule has 2 heterocycles. The number of carbonyl (C=O) groups is 2. The second-order valence-electron chi connectivity index (χ2n) is 10.7. The zero-order valence-corrected chi connectivity index (χ0v) is 23.0. The van der Waals surface area contributed by atoms with Crippen LogP contribution in [0.4, 0.5) is 0 Å². The van der Waals surface area contributed by atoms with Gasteiger partial charge in [0, 0.05) is 12.5 Å². The number of rotatable bonds is 8. The van der Waals surface area contributed by atoms with E-state index < -0.39 is 34.0 Å². The Hall–Kier alpha value is -3.49. The molecule has 0 spiro atoms. The Morgan fingerprint density at radius 3 is 2.10 bits per heavy atom. The van der Waals surface area contributed by atoms with Crippen molar-refractivity contribution in [3.63, 3.8) is 0 Å². The zero-order valence-electron chi connectivity index (χ0n) is 22.2. The van der Waals surface area contributed by atoms with Crippen LogP contribution >= 0.6 is 0 Å². The van der Waals surface area contributed by atoms with Gasteiger partial charge in [0.1, 0.15) is 12.1 Å². The Labute approximate surface area is 229 Å². The number of amides is 1. The van der Waals surface area contributed by atoms with Gasteiger partial charge in [-0.3, -0.25) is 4.79 Å². The number of fused-ring (bicyclic) bond motifs is 3. The molecule has 1 aliphatic carbocycles. The van der Waals surface area contributed by atoms with E-state index in [4.69, 9.17) is 0 Å². The van der Waals surface area contributed by atoms with E-state index in [2.05, 4.69) is 31.3 Å². The molecule has 204 valence electrons. The van der Waals surface area contributed by atoms with E-state index in [-0.39, 0.29) is 23.3 Å². The molecule has 39 heavy (non-hydrogen) atoms. The van der Waals surface area contributed by atoms with Crippen LogP contribution in [0.3, 0.4) is 0 Å². The van der Waals surface area contributed by atoms with E-state index in [9.17, 15) is 23.1 Å². The third-order valence-electron chi connectivity index (χ3n) is 8.19. The maximum atomic E-state index is 13.6. The van der Waals surface area contributed by atoms with Crippen molar-refractivity contribution >= 4 is 21.9 Å². The highest BCUT2D eigenvalue weighted by Crippen LogP contribution is 2.42. The molecule has 1 amide bonds. The number of nitrogens with one attached hydrogen (secondary N) is 1. The summed E-state index contributed by atoms with van der Waals surface area (Å²) in [7, 11) is -3.92. The number of carboxylic acid groups (broad SMARTS) is 1. The number of sulfonamides is 1. The molecule has 7 nitrogen and oxygen atoms in total. The molecule has 1 saturated carbocycles. The number of hydrogen-bond donors (Lipinski definition) is 2. The van der Waals surface area contributed by atoms with Crippen molar-refractivity contribution in [2.75, 3.05) is 0 Å². The number of piperidine rings is 2. The van der Waals surface area contributed by atoms with Gasteiger partial charge in [0.15, 0.2) is 0 Å². The molecule has 6 rings (SSSR count). The van der Waals surface area contributed by atoms with Crippen LogP contribution in [-0.4, -0.2) is 47.8 Å². The fourth-order valence-electron chi connectivity index (χ4n) is 6.27. The fourth-order valence-corrected chi connectivity index (χ4v) is 8.18. The summed E-state index contributed by atoms with van der Waals surface area (Å²) in [6.45, 7) is 4.12. The Balaban J connectivity index is 1.36. The summed E-state index contributed by atoms with van der Waals surface area (Å²) in [6.07, 6.45) is 3.01. The lowest BCUT2D eigenvalue weighted by Gasteiger charge is -2.49. The number of benzene rings is 3. The predicted octanol–water partition coefficient (Wildman–Crippen LogP) is 4.71. The van der Waals surface area contributed by atoms with Crippen molar-refractivity contribution in [3.05, 3.63) is 89.5 Å². The second kappa shape index (κ2) is 10.9. The second-order valence-corrected chi connectivity index (χ2v) is 12.6. The summed E-state index contributed by atoms with van der Waals surface area (Å²) in [5.41, 5.74) is 5.30. The van der Waals surface area contributed by atoms with E-state index in [1.54, 1.807) is 18.2 Å². The molecule has 0 aromatic heterocycles. The van der Waals surface area contributed by atoms with Crippen LogP contribution in [0.1, 0.15) is 42.4 Å². The summed E-state index contributed by atoms with van der Waals surface area (Å²) in [4.78, 5) is 26.0. The molecule has 2 unspecified atom stereocenters. The maximum Gasteiger partial charge on any atom is 0.326 e. The van der Waals surface area contributed by atoms with Crippen LogP contribution in [0.5, 0.6) is 0 Å². The number of carbonyl (C=O) groups excluding carboxylic acids is 1. The number of aryl methyl sites for hydroxylation is 2. The van der Waals surface area contributed by atoms with E-state index in [0.717, 1.165) is 40.7 Å². The van der Waals surface area contributed by atoms with Crippen LogP contribution in [0.25, 0.3) is 11.1 Å². The average Bonchev–Trinajstić information content (AvgIpc) is 2.94. The largest absolute Gasteiger partial charge is 0.480 e. The van der Waals surface area contributed by atoms with Crippen molar-refractivity contribution in [2.45, 2.75) is 69.0 Å². The first-order valence-corrected chi connectivity index (χ1v) is 14.9. The molecule has 3 aromatic rings. The van der Waals surface area contributed by atoms with Gasteiger partial charge in [-0.2, -0.15) is 4.31 Å². The van der Waals surface area contributed by atoms with Gasteiger partial charge >= 0.3 is 5.97 Å². The highest BCUT2D eigenvalue weighted by Gasteiger charge is 2.51. The highest BCUT2D eigenvalue weighted by atomic mass is 32.2. The molecule has 3 aromatic carbocycles. The van der Waals surface area contributed by atoms with Gasteiger partial charge in [0.25, 0.3) is 0 Å². The SMILES string of the molecule is Cc1cccc(C)c1-c1ccc(CC(NC(=O)C2C3CCC(CC3)N2S(=O)(=O)c2ccccc2)C(=O)O)cc1. The number of nitrogens with zero attached hydrogens (tertiary/aromatic N) is 1. The summed E-state index contributed by atoms with van der Waals surface area (Å²) in [5, 5.41) is 12.7. The van der Waals surface area contributed by atoms with Crippen molar-refractivity contribution in [3.8, 4) is 11.1 Å². The third kappa shape index (κ3) is 5.36. The minimum atomic E-state index is -3.92. The van der Waals surface area contributed by atoms with Crippen molar-refractivity contribution in [2.24, 2.45) is 5.92 Å². The predicted molar refractivity (Wildman–Crippen MR) is 150 cm³/mol. The van der Waals surface area contributed by atoms with Gasteiger partial charge in [0.05, 0.1) is 4.90 Å². The van der Waals surface area contributed by atoms with Gasteiger partial charge in [0.2, 0.25) is 15.9 Å². The monoisotopic (exact) mass is 546 g/mol. The topological polar surface area (TPSA) is 104 Å². The van der Waals surface area contributed by atoms with Crippen LogP contribution in [0, 0.1) is 19.8 Å². The minimum absolute atomic E-state index is 0.0976. The van der Waals surface area contributed by atoms with Gasteiger partial charge in [-0.1, -0.05) is 60.7 Å². The van der Waals surface area contributed by atoms with E-state index >= 15 is 0 Å². The molecule has 3 aliphatic rings. The van der Waals surface area contributed by atoms with Gasteiger partial charge in [-0.15, -0.1) is 0 Å². The first-order valence-electron chi connectivity index (χ1n) is 13.4. The lowest BCUT2D eigenvalue weighted by Crippen LogP contribution is -2.63. The molecular weight excluding hydrogens is 512 g/mol. The lowest BCUT2D eigenvalue weighted by atomic mass is 9.76. The normalized spacial score (nSPS) is 21.8. The van der Waals surface area contributed by atoms with Crippen molar-refractivity contribution in [1.29, 1.82) is 0 Å². The smallest absolute Gasteiger partial charge is 0.326 e. The Morgan fingerprint density at radius 1 is 0.897 bits per heavy atom. The molecule has 0 radical (unpaired) electrons. The standard InChI is InChI=1S/C31H34N2O5S/c1-20-7-6-8-21(2)28(20)23-13-11-22(12-14-23)19-27(31(35)36)32-30(34)29-24-15-17-25(18-16-24)33(29)39(37,38)26-9-4-3-5-10-26/h3-14,24-25,27,29H,15-19H2,1-2H3,(H,32,34)(H,35,36). The summed E-state index contributed by atoms with van der Waals surface area (Å²) < 4.78 is 28.6. The molecule has 2 aliphatic heterocycles. The molecule has 2 N–H and O–H groups in total. The zero-order chi connectivity index (χ0) is 27.7. The molecule has 2 saturated heterocycles. The highest BCUT2D eigenvalue weighted by molar-refractivity contribution is 7.89. The third-order valence-corrected chi connectivity index (χ3v) is 10.1. The van der Waals surface area contributed by atoms with E-state index in [0.29, 0.717) is 12.8 Å². The lowest BCUT2D eigenvalue weighted by molar-refractivity contribution is -0.143. The molecule has 2 bridgehead atoms. The summed E-state index contributed by atoms with van der Waals surface area (Å²) >= 11 is 0. The van der Waals surface area contributed by atoms with Crippen LogP contribution in [0.15, 0.2) is 77.7 Å².